The van der Waals surface area contributed by atoms with Gasteiger partial charge in [-0.3, -0.25) is 9.36 Å². The molecule has 1 aliphatic rings. The van der Waals surface area contributed by atoms with Crippen LogP contribution in [0.1, 0.15) is 11.1 Å². The first-order chi connectivity index (χ1) is 13.7. The van der Waals surface area contributed by atoms with Crippen molar-refractivity contribution < 1.29 is 0 Å². The monoisotopic (exact) mass is 365 g/mol. The van der Waals surface area contributed by atoms with Crippen LogP contribution in [0.3, 0.4) is 0 Å². The Morgan fingerprint density at radius 2 is 1.79 bits per heavy atom. The third-order valence-electron chi connectivity index (χ3n) is 5.19. The van der Waals surface area contributed by atoms with Crippen molar-refractivity contribution in [2.24, 2.45) is 0 Å². The zero-order chi connectivity index (χ0) is 19.1. The highest BCUT2D eigenvalue weighted by atomic mass is 16.1. The Morgan fingerprint density at radius 3 is 2.64 bits per heavy atom. The first-order valence-corrected chi connectivity index (χ1v) is 9.28. The molecule has 3 aromatic carbocycles. The Balaban J connectivity index is 1.42. The standard InChI is InChI=1S/C24H19N3O/c1-16-12-20-13-19(10-11-22(20)26-16)18-8-6-17(7-9-18)14-27-15-25-23-5-3-2-4-21(23)24(27)28/h2-11,13,15,26H,1,12,14H2. The zero-order valence-electron chi connectivity index (χ0n) is 15.4. The van der Waals surface area contributed by atoms with Gasteiger partial charge in [-0.25, -0.2) is 4.98 Å². The van der Waals surface area contributed by atoms with E-state index in [4.69, 9.17) is 0 Å². The van der Waals surface area contributed by atoms with Crippen molar-refractivity contribution in [3.05, 3.63) is 107 Å². The van der Waals surface area contributed by atoms with Gasteiger partial charge in [0.25, 0.3) is 5.56 Å². The first-order valence-electron chi connectivity index (χ1n) is 9.28. The third kappa shape index (κ3) is 2.89. The lowest BCUT2D eigenvalue weighted by molar-refractivity contribution is 0.748. The minimum atomic E-state index is -0.0129. The summed E-state index contributed by atoms with van der Waals surface area (Å²) in [7, 11) is 0. The van der Waals surface area contributed by atoms with Gasteiger partial charge >= 0.3 is 0 Å². The number of allylic oxidation sites excluding steroid dienone is 1. The van der Waals surface area contributed by atoms with Crippen molar-refractivity contribution in [1.82, 2.24) is 9.55 Å². The molecule has 136 valence electrons. The molecule has 0 saturated carbocycles. The minimum Gasteiger partial charge on any atom is -0.359 e. The highest BCUT2D eigenvalue weighted by Crippen LogP contribution is 2.31. The van der Waals surface area contributed by atoms with E-state index in [0.29, 0.717) is 11.9 Å². The number of fused-ring (bicyclic) bond motifs is 2. The Bertz CT molecular complexity index is 1270. The van der Waals surface area contributed by atoms with Gasteiger partial charge in [0.2, 0.25) is 0 Å². The molecular weight excluding hydrogens is 346 g/mol. The fourth-order valence-corrected chi connectivity index (χ4v) is 3.72. The van der Waals surface area contributed by atoms with Crippen LogP contribution in [-0.2, 0) is 13.0 Å². The maximum absolute atomic E-state index is 12.7. The van der Waals surface area contributed by atoms with Crippen molar-refractivity contribution in [2.45, 2.75) is 13.0 Å². The predicted molar refractivity (Wildman–Crippen MR) is 113 cm³/mol. The molecule has 0 saturated heterocycles. The van der Waals surface area contributed by atoms with Crippen LogP contribution in [0.4, 0.5) is 5.69 Å². The molecule has 0 amide bonds. The molecule has 0 unspecified atom stereocenters. The van der Waals surface area contributed by atoms with Crippen LogP contribution in [0.5, 0.6) is 0 Å². The zero-order valence-corrected chi connectivity index (χ0v) is 15.4. The van der Waals surface area contributed by atoms with Gasteiger partial charge in [-0.15, -0.1) is 0 Å². The van der Waals surface area contributed by atoms with Crippen LogP contribution in [0.25, 0.3) is 22.0 Å². The van der Waals surface area contributed by atoms with E-state index in [-0.39, 0.29) is 5.56 Å². The van der Waals surface area contributed by atoms with Crippen LogP contribution in [0, 0.1) is 0 Å². The number of aromatic nitrogens is 2. The van der Waals surface area contributed by atoms with Crippen LogP contribution in [-0.4, -0.2) is 9.55 Å². The summed E-state index contributed by atoms with van der Waals surface area (Å²) in [6.45, 7) is 4.51. The fraction of sp³-hybridized carbons (Fsp3) is 0.0833. The number of rotatable bonds is 3. The van der Waals surface area contributed by atoms with Crippen molar-refractivity contribution >= 4 is 16.6 Å². The second-order valence-corrected chi connectivity index (χ2v) is 7.17. The number of benzene rings is 3. The second-order valence-electron chi connectivity index (χ2n) is 7.17. The van der Waals surface area contributed by atoms with Crippen molar-refractivity contribution in [3.63, 3.8) is 0 Å². The Hall–Kier alpha value is -3.66. The van der Waals surface area contributed by atoms with Gasteiger partial charge < -0.3 is 5.32 Å². The molecule has 4 nitrogen and oxygen atoms in total. The Labute approximate surface area is 162 Å². The van der Waals surface area contributed by atoms with E-state index in [0.717, 1.165) is 34.4 Å². The molecule has 0 bridgehead atoms. The van der Waals surface area contributed by atoms with Gasteiger partial charge in [-0.05, 0) is 46.5 Å². The molecular formula is C24H19N3O. The molecule has 0 fully saturated rings. The van der Waals surface area contributed by atoms with Crippen LogP contribution < -0.4 is 10.9 Å². The third-order valence-corrected chi connectivity index (χ3v) is 5.19. The Kier molecular flexibility index (Phi) is 3.83. The molecule has 2 heterocycles. The molecule has 0 spiro atoms. The fourth-order valence-electron chi connectivity index (χ4n) is 3.72. The summed E-state index contributed by atoms with van der Waals surface area (Å²) in [6, 6.07) is 22.2. The predicted octanol–water partition coefficient (Wildman–Crippen LogP) is 4.59. The van der Waals surface area contributed by atoms with Crippen LogP contribution >= 0.6 is 0 Å². The molecule has 0 atom stereocenters. The maximum atomic E-state index is 12.7. The van der Waals surface area contributed by atoms with Gasteiger partial charge in [0.15, 0.2) is 0 Å². The number of nitrogens with zero attached hydrogens (tertiary/aromatic N) is 2. The summed E-state index contributed by atoms with van der Waals surface area (Å²) in [4.78, 5) is 17.1. The first kappa shape index (κ1) is 16.5. The summed E-state index contributed by atoms with van der Waals surface area (Å²) in [5.74, 6) is 0. The van der Waals surface area contributed by atoms with E-state index in [9.17, 15) is 4.79 Å². The topological polar surface area (TPSA) is 46.9 Å². The molecule has 1 aromatic heterocycles. The van der Waals surface area contributed by atoms with Crippen molar-refractivity contribution in [3.8, 4) is 11.1 Å². The van der Waals surface area contributed by atoms with Gasteiger partial charge in [-0.2, -0.15) is 0 Å². The molecule has 5 rings (SSSR count). The van der Waals surface area contributed by atoms with E-state index in [1.807, 2.05) is 24.3 Å². The maximum Gasteiger partial charge on any atom is 0.261 e. The average Bonchev–Trinajstić information content (AvgIpc) is 3.10. The molecule has 4 aromatic rings. The number of anilines is 1. The van der Waals surface area contributed by atoms with E-state index < -0.39 is 0 Å². The van der Waals surface area contributed by atoms with E-state index in [1.54, 1.807) is 10.9 Å². The largest absolute Gasteiger partial charge is 0.359 e. The lowest BCUT2D eigenvalue weighted by atomic mass is 10.0. The summed E-state index contributed by atoms with van der Waals surface area (Å²) < 4.78 is 1.66. The van der Waals surface area contributed by atoms with Gasteiger partial charge in [0, 0.05) is 17.8 Å². The highest BCUT2D eigenvalue weighted by Gasteiger charge is 2.13. The molecule has 4 heteroatoms. The molecule has 0 radical (unpaired) electrons. The van der Waals surface area contributed by atoms with Crippen LogP contribution in [0.15, 0.2) is 90.1 Å². The van der Waals surface area contributed by atoms with Crippen molar-refractivity contribution in [2.75, 3.05) is 5.32 Å². The SMILES string of the molecule is C=C1Cc2cc(-c3ccc(Cn4cnc5ccccc5c4=O)cc3)ccc2N1. The number of hydrogen-bond acceptors (Lipinski definition) is 3. The molecule has 0 aliphatic carbocycles. The van der Waals surface area contributed by atoms with Gasteiger partial charge in [0.1, 0.15) is 0 Å². The summed E-state index contributed by atoms with van der Waals surface area (Å²) in [6.07, 6.45) is 2.50. The van der Waals surface area contributed by atoms with Crippen LogP contribution in [0.2, 0.25) is 0 Å². The van der Waals surface area contributed by atoms with Crippen molar-refractivity contribution in [1.29, 1.82) is 0 Å². The van der Waals surface area contributed by atoms with Gasteiger partial charge in [-0.1, -0.05) is 49.0 Å². The molecule has 1 aliphatic heterocycles. The van der Waals surface area contributed by atoms with E-state index >= 15 is 0 Å². The van der Waals surface area contributed by atoms with E-state index in [2.05, 4.69) is 59.3 Å². The summed E-state index contributed by atoms with van der Waals surface area (Å²) >= 11 is 0. The van der Waals surface area contributed by atoms with E-state index in [1.165, 1.54) is 11.1 Å². The van der Waals surface area contributed by atoms with Gasteiger partial charge in [0.05, 0.1) is 23.8 Å². The highest BCUT2D eigenvalue weighted by molar-refractivity contribution is 5.77. The molecule has 1 N–H and O–H groups in total. The minimum absolute atomic E-state index is 0.0129. The normalized spacial score (nSPS) is 12.8. The molecule has 28 heavy (non-hydrogen) atoms. The summed E-state index contributed by atoms with van der Waals surface area (Å²) in [5.41, 5.74) is 7.60. The average molecular weight is 365 g/mol. The smallest absolute Gasteiger partial charge is 0.261 e. The number of nitrogens with one attached hydrogen (secondary N) is 1. The number of hydrogen-bond donors (Lipinski definition) is 1. The number of para-hydroxylation sites is 1. The Morgan fingerprint density at radius 1 is 1.00 bits per heavy atom. The lowest BCUT2D eigenvalue weighted by Crippen LogP contribution is -2.21. The quantitative estimate of drug-likeness (QED) is 0.577. The second kappa shape index (κ2) is 6.50. The lowest BCUT2D eigenvalue weighted by Gasteiger charge is -2.09. The summed E-state index contributed by atoms with van der Waals surface area (Å²) in [5, 5.41) is 3.95.